The highest BCUT2D eigenvalue weighted by atomic mass is 35.5. The number of aromatic nitrogens is 4. The number of rotatable bonds is 5. The van der Waals surface area contributed by atoms with Crippen LogP contribution in [0, 0.1) is 0 Å². The summed E-state index contributed by atoms with van der Waals surface area (Å²) in [5.41, 5.74) is 2.01. The molecule has 2 aromatic heterocycles. The van der Waals surface area contributed by atoms with Crippen LogP contribution in [0.25, 0.3) is 11.2 Å². The lowest BCUT2D eigenvalue weighted by molar-refractivity contribution is -0.135. The molecule has 4 rings (SSSR count). The van der Waals surface area contributed by atoms with Crippen LogP contribution in [0.15, 0.2) is 30.9 Å². The summed E-state index contributed by atoms with van der Waals surface area (Å²) >= 11 is 12.0. The first-order valence-electron chi connectivity index (χ1n) is 8.91. The first-order chi connectivity index (χ1) is 14.3. The van der Waals surface area contributed by atoms with Crippen LogP contribution in [0.4, 0.5) is 5.82 Å². The van der Waals surface area contributed by atoms with Gasteiger partial charge in [-0.2, -0.15) is 0 Å². The van der Waals surface area contributed by atoms with Crippen molar-refractivity contribution in [3.63, 3.8) is 0 Å². The average molecular weight is 493 g/mol. The summed E-state index contributed by atoms with van der Waals surface area (Å²) < 4.78 is 7.37. The molecule has 1 fully saturated rings. The Balaban J connectivity index is 0.00000272. The molecule has 3 heterocycles. The maximum Gasteiger partial charge on any atom is 0.181 e. The van der Waals surface area contributed by atoms with Gasteiger partial charge in [0.2, 0.25) is 0 Å². The van der Waals surface area contributed by atoms with Gasteiger partial charge in [0.1, 0.15) is 30.2 Å². The minimum absolute atomic E-state index is 0. The predicted octanol–water partition coefficient (Wildman–Crippen LogP) is 2.06. The largest absolute Gasteiger partial charge is 0.387 e. The molecule has 10 nitrogen and oxygen atoms in total. The van der Waals surface area contributed by atoms with E-state index in [-0.39, 0.29) is 17.4 Å². The molecule has 1 aliphatic rings. The van der Waals surface area contributed by atoms with E-state index < -0.39 is 30.1 Å². The highest BCUT2D eigenvalue weighted by molar-refractivity contribution is 6.42. The molecule has 0 spiro atoms. The lowest BCUT2D eigenvalue weighted by Crippen LogP contribution is -2.45. The van der Waals surface area contributed by atoms with E-state index in [4.69, 9.17) is 32.8 Å². The monoisotopic (exact) mass is 491 g/mol. The lowest BCUT2D eigenvalue weighted by Gasteiger charge is -2.32. The molecule has 1 aliphatic heterocycles. The molecular formula is C18H20Cl3N5O5. The van der Waals surface area contributed by atoms with Gasteiger partial charge in [0, 0.05) is 0 Å². The number of imidazole rings is 1. The fourth-order valence-electron chi connectivity index (χ4n) is 3.54. The van der Waals surface area contributed by atoms with Gasteiger partial charge in [-0.3, -0.25) is 9.40 Å². The molecule has 0 saturated carbocycles. The number of hydrogen-bond donors (Lipinski definition) is 4. The molecule has 3 aromatic rings. The third-order valence-corrected chi connectivity index (χ3v) is 5.87. The molecule has 0 bridgehead atoms. The van der Waals surface area contributed by atoms with Gasteiger partial charge in [-0.15, -0.1) is 12.4 Å². The number of hydrogen-bond acceptors (Lipinski definition) is 9. The van der Waals surface area contributed by atoms with E-state index in [0.717, 1.165) is 0 Å². The van der Waals surface area contributed by atoms with E-state index in [1.165, 1.54) is 43.4 Å². The highest BCUT2D eigenvalue weighted by Crippen LogP contribution is 2.41. The quantitative estimate of drug-likeness (QED) is 0.395. The number of anilines is 1. The SMILES string of the molecule is CONc1ncnc2c1ncn2[C@@H]1O[C@H](C(C)(O)c2ccc(Cl)c(Cl)c2)[C@@H](O)[C@H]1O.Cl. The third kappa shape index (κ3) is 4.06. The van der Waals surface area contributed by atoms with Crippen molar-refractivity contribution in [2.75, 3.05) is 12.6 Å². The summed E-state index contributed by atoms with van der Waals surface area (Å²) in [6.07, 6.45) is -2.31. The zero-order chi connectivity index (χ0) is 21.6. The Morgan fingerprint density at radius 1 is 1.16 bits per heavy atom. The molecule has 13 heteroatoms. The van der Waals surface area contributed by atoms with Crippen LogP contribution in [0.5, 0.6) is 0 Å². The third-order valence-electron chi connectivity index (χ3n) is 5.13. The smallest absolute Gasteiger partial charge is 0.181 e. The van der Waals surface area contributed by atoms with E-state index >= 15 is 0 Å². The minimum Gasteiger partial charge on any atom is -0.387 e. The number of halogens is 3. The van der Waals surface area contributed by atoms with Gasteiger partial charge in [0.25, 0.3) is 0 Å². The Hall–Kier alpha value is -1.76. The van der Waals surface area contributed by atoms with E-state index in [0.29, 0.717) is 27.6 Å². The van der Waals surface area contributed by atoms with Crippen molar-refractivity contribution < 1.29 is 24.9 Å². The van der Waals surface area contributed by atoms with Crippen LogP contribution in [-0.2, 0) is 15.2 Å². The van der Waals surface area contributed by atoms with Gasteiger partial charge in [-0.05, 0) is 24.6 Å². The molecule has 0 radical (unpaired) electrons. The number of nitrogens with one attached hydrogen (secondary N) is 1. The summed E-state index contributed by atoms with van der Waals surface area (Å²) in [7, 11) is 1.43. The van der Waals surface area contributed by atoms with Crippen molar-refractivity contribution in [2.24, 2.45) is 0 Å². The van der Waals surface area contributed by atoms with Gasteiger partial charge in [0.05, 0.1) is 23.5 Å². The van der Waals surface area contributed by atoms with Crippen LogP contribution >= 0.6 is 35.6 Å². The molecule has 31 heavy (non-hydrogen) atoms. The molecule has 0 amide bonds. The standard InChI is InChI=1S/C18H19Cl2N5O5.ClH/c1-18(28,8-3-4-9(19)10(20)5-8)14-12(26)13(27)17(30-14)25-7-23-11-15(24-29-2)21-6-22-16(11)25;/h3-7,12-14,17,26-28H,1-2H3,(H,21,22,24);1H/t12-,13+,14-,17+,18?;/m0./s1. The van der Waals surface area contributed by atoms with Crippen molar-refractivity contribution in [3.8, 4) is 0 Å². The van der Waals surface area contributed by atoms with Gasteiger partial charge < -0.3 is 20.1 Å². The number of benzene rings is 1. The first kappa shape index (κ1) is 23.9. The maximum absolute atomic E-state index is 11.2. The van der Waals surface area contributed by atoms with Crippen LogP contribution in [0.1, 0.15) is 18.7 Å². The topological polar surface area (TPSA) is 135 Å². The summed E-state index contributed by atoms with van der Waals surface area (Å²) in [6, 6.07) is 4.60. The zero-order valence-corrected chi connectivity index (χ0v) is 18.6. The zero-order valence-electron chi connectivity index (χ0n) is 16.3. The second-order valence-corrected chi connectivity index (χ2v) is 7.87. The van der Waals surface area contributed by atoms with Crippen molar-refractivity contribution >= 4 is 52.6 Å². The number of aliphatic hydroxyl groups is 3. The molecule has 5 atom stereocenters. The number of aliphatic hydroxyl groups excluding tert-OH is 2. The number of ether oxygens (including phenoxy) is 1. The van der Waals surface area contributed by atoms with Gasteiger partial charge in [-0.25, -0.2) is 20.4 Å². The average Bonchev–Trinajstić information content (AvgIpc) is 3.27. The fraction of sp³-hybridized carbons (Fsp3) is 0.389. The second kappa shape index (κ2) is 9.00. The Labute approximate surface area is 193 Å². The molecule has 4 N–H and O–H groups in total. The van der Waals surface area contributed by atoms with E-state index in [9.17, 15) is 15.3 Å². The van der Waals surface area contributed by atoms with Crippen molar-refractivity contribution in [3.05, 3.63) is 46.5 Å². The molecule has 1 saturated heterocycles. The predicted molar refractivity (Wildman–Crippen MR) is 115 cm³/mol. The first-order valence-corrected chi connectivity index (χ1v) is 9.67. The normalized spacial score (nSPS) is 25.3. The van der Waals surface area contributed by atoms with Crippen LogP contribution in [0.3, 0.4) is 0 Å². The molecular weight excluding hydrogens is 473 g/mol. The van der Waals surface area contributed by atoms with Crippen LogP contribution in [0.2, 0.25) is 10.0 Å². The lowest BCUT2D eigenvalue weighted by atomic mass is 9.87. The molecule has 0 aliphatic carbocycles. The highest BCUT2D eigenvalue weighted by Gasteiger charge is 2.52. The van der Waals surface area contributed by atoms with Crippen molar-refractivity contribution in [1.82, 2.24) is 19.5 Å². The maximum atomic E-state index is 11.2. The van der Waals surface area contributed by atoms with Crippen LogP contribution < -0.4 is 5.48 Å². The van der Waals surface area contributed by atoms with E-state index in [1.807, 2.05) is 0 Å². The summed E-state index contributed by atoms with van der Waals surface area (Å²) in [6.45, 7) is 1.46. The summed E-state index contributed by atoms with van der Waals surface area (Å²) in [5.74, 6) is 0.327. The Morgan fingerprint density at radius 2 is 1.90 bits per heavy atom. The minimum atomic E-state index is -1.68. The second-order valence-electron chi connectivity index (χ2n) is 7.06. The van der Waals surface area contributed by atoms with Crippen molar-refractivity contribution in [1.29, 1.82) is 0 Å². The molecule has 1 unspecified atom stereocenters. The fourth-order valence-corrected chi connectivity index (χ4v) is 3.84. The molecule has 1 aromatic carbocycles. The number of fused-ring (bicyclic) bond motifs is 1. The van der Waals surface area contributed by atoms with Gasteiger partial charge in [0.15, 0.2) is 23.2 Å². The van der Waals surface area contributed by atoms with Crippen molar-refractivity contribution in [2.45, 2.75) is 37.1 Å². The van der Waals surface area contributed by atoms with E-state index in [1.54, 1.807) is 6.07 Å². The van der Waals surface area contributed by atoms with E-state index in [2.05, 4.69) is 20.4 Å². The molecule has 168 valence electrons. The van der Waals surface area contributed by atoms with Gasteiger partial charge >= 0.3 is 0 Å². The Bertz CT molecular complexity index is 1080. The summed E-state index contributed by atoms with van der Waals surface area (Å²) in [5, 5.41) is 33.1. The number of nitrogens with zero attached hydrogens (tertiary/aromatic N) is 4. The van der Waals surface area contributed by atoms with Gasteiger partial charge in [-0.1, -0.05) is 29.3 Å². The summed E-state index contributed by atoms with van der Waals surface area (Å²) in [4.78, 5) is 17.3. The Kier molecular flexibility index (Phi) is 6.94. The van der Waals surface area contributed by atoms with Crippen LogP contribution in [-0.4, -0.2) is 60.3 Å². The Morgan fingerprint density at radius 3 is 2.58 bits per heavy atom.